The van der Waals surface area contributed by atoms with Gasteiger partial charge in [-0.25, -0.2) is 4.68 Å². The Labute approximate surface area is 180 Å². The zero-order valence-corrected chi connectivity index (χ0v) is 18.7. The lowest BCUT2D eigenvalue weighted by Crippen LogP contribution is -2.52. The molecule has 0 spiro atoms. The highest BCUT2D eigenvalue weighted by atomic mass is 16.5. The minimum Gasteiger partial charge on any atom is -0.497 e. The van der Waals surface area contributed by atoms with Gasteiger partial charge in [0.15, 0.2) is 5.82 Å². The highest BCUT2D eigenvalue weighted by molar-refractivity contribution is 5.27. The Bertz CT molecular complexity index is 775. The van der Waals surface area contributed by atoms with E-state index >= 15 is 0 Å². The van der Waals surface area contributed by atoms with Gasteiger partial charge in [-0.3, -0.25) is 9.80 Å². The van der Waals surface area contributed by atoms with Crippen molar-refractivity contribution >= 4 is 0 Å². The molecule has 0 amide bonds. The Morgan fingerprint density at radius 2 is 1.70 bits per heavy atom. The van der Waals surface area contributed by atoms with Gasteiger partial charge >= 0.3 is 0 Å². The number of hydrogen-bond donors (Lipinski definition) is 0. The second-order valence-electron chi connectivity index (χ2n) is 9.10. The first-order valence-corrected chi connectivity index (χ1v) is 11.5. The zero-order valence-electron chi connectivity index (χ0n) is 18.7. The van der Waals surface area contributed by atoms with E-state index in [9.17, 15) is 0 Å². The van der Waals surface area contributed by atoms with Crippen LogP contribution in [0.5, 0.6) is 5.75 Å². The smallest absolute Gasteiger partial charge is 0.169 e. The van der Waals surface area contributed by atoms with Gasteiger partial charge in [0.2, 0.25) is 0 Å². The lowest BCUT2D eigenvalue weighted by Gasteiger charge is -2.43. The van der Waals surface area contributed by atoms with Crippen LogP contribution in [0.15, 0.2) is 24.3 Å². The highest BCUT2D eigenvalue weighted by Gasteiger charge is 2.33. The number of rotatable bonds is 7. The molecule has 2 heterocycles. The number of piperazine rings is 1. The van der Waals surface area contributed by atoms with Crippen LogP contribution in [0.1, 0.15) is 63.4 Å². The minimum atomic E-state index is 0.242. The number of methoxy groups -OCH3 is 1. The SMILES string of the molecule is COc1ccc(Cn2nnnc2[C@@H](C(C)C)N2CCN(C3CCCCC3)CC2)cc1. The van der Waals surface area contributed by atoms with Gasteiger partial charge in [0, 0.05) is 32.2 Å². The lowest BCUT2D eigenvalue weighted by atomic mass is 9.93. The van der Waals surface area contributed by atoms with Gasteiger partial charge in [0.25, 0.3) is 0 Å². The first-order valence-electron chi connectivity index (χ1n) is 11.5. The van der Waals surface area contributed by atoms with Crippen LogP contribution in [-0.2, 0) is 6.54 Å². The maximum absolute atomic E-state index is 5.27. The number of ether oxygens (including phenoxy) is 1. The Hall–Kier alpha value is -1.99. The predicted molar refractivity (Wildman–Crippen MR) is 118 cm³/mol. The second-order valence-corrected chi connectivity index (χ2v) is 9.10. The molecule has 2 fully saturated rings. The van der Waals surface area contributed by atoms with E-state index in [2.05, 4.69) is 51.3 Å². The standard InChI is InChI=1S/C23H36N6O/c1-18(2)22(28-15-13-27(14-16-28)20-7-5-4-6-8-20)23-24-25-26-29(23)17-19-9-11-21(30-3)12-10-19/h9-12,18,20,22H,4-8,13-17H2,1-3H3/t22-/m1/s1. The largest absolute Gasteiger partial charge is 0.497 e. The van der Waals surface area contributed by atoms with E-state index in [1.54, 1.807) is 7.11 Å². The monoisotopic (exact) mass is 412 g/mol. The Morgan fingerprint density at radius 1 is 1.00 bits per heavy atom. The second kappa shape index (κ2) is 9.88. The minimum absolute atomic E-state index is 0.242. The van der Waals surface area contributed by atoms with E-state index in [4.69, 9.17) is 4.74 Å². The van der Waals surface area contributed by atoms with Crippen molar-refractivity contribution in [3.63, 3.8) is 0 Å². The molecule has 0 bridgehead atoms. The van der Waals surface area contributed by atoms with Crippen molar-refractivity contribution in [3.8, 4) is 5.75 Å². The number of hydrogen-bond acceptors (Lipinski definition) is 6. The predicted octanol–water partition coefficient (Wildman–Crippen LogP) is 3.38. The molecule has 1 aromatic carbocycles. The molecule has 0 radical (unpaired) electrons. The molecule has 1 saturated carbocycles. The number of aromatic nitrogens is 4. The van der Waals surface area contributed by atoms with Gasteiger partial charge in [0.05, 0.1) is 19.7 Å². The van der Waals surface area contributed by atoms with E-state index < -0.39 is 0 Å². The third-order valence-corrected chi connectivity index (χ3v) is 6.78. The number of benzene rings is 1. The summed E-state index contributed by atoms with van der Waals surface area (Å²) in [7, 11) is 1.69. The van der Waals surface area contributed by atoms with Crippen molar-refractivity contribution in [1.82, 2.24) is 30.0 Å². The quantitative estimate of drug-likeness (QED) is 0.695. The summed E-state index contributed by atoms with van der Waals surface area (Å²) in [6, 6.07) is 9.19. The zero-order chi connectivity index (χ0) is 20.9. The molecule has 1 aromatic heterocycles. The van der Waals surface area contributed by atoms with Crippen LogP contribution in [0.25, 0.3) is 0 Å². The van der Waals surface area contributed by atoms with Crippen molar-refractivity contribution in [2.24, 2.45) is 5.92 Å². The molecule has 7 heteroatoms. The van der Waals surface area contributed by atoms with E-state index in [-0.39, 0.29) is 6.04 Å². The van der Waals surface area contributed by atoms with Crippen LogP contribution in [0.3, 0.4) is 0 Å². The molecule has 1 atom stereocenters. The van der Waals surface area contributed by atoms with Gasteiger partial charge in [-0.1, -0.05) is 45.2 Å². The summed E-state index contributed by atoms with van der Waals surface area (Å²) >= 11 is 0. The molecule has 30 heavy (non-hydrogen) atoms. The van der Waals surface area contributed by atoms with Crippen molar-refractivity contribution in [1.29, 1.82) is 0 Å². The fourth-order valence-corrected chi connectivity index (χ4v) is 5.15. The summed E-state index contributed by atoms with van der Waals surface area (Å²) in [5, 5.41) is 12.8. The average Bonchev–Trinajstić information content (AvgIpc) is 3.23. The molecule has 0 N–H and O–H groups in total. The van der Waals surface area contributed by atoms with E-state index in [1.807, 2.05) is 16.8 Å². The molecule has 1 saturated heterocycles. The molecule has 1 aliphatic carbocycles. The molecule has 164 valence electrons. The maximum Gasteiger partial charge on any atom is 0.169 e. The fourth-order valence-electron chi connectivity index (χ4n) is 5.15. The molecule has 0 unspecified atom stereocenters. The third kappa shape index (κ3) is 4.83. The highest BCUT2D eigenvalue weighted by Crippen LogP contribution is 2.30. The van der Waals surface area contributed by atoms with Gasteiger partial charge in [-0.15, -0.1) is 5.10 Å². The summed E-state index contributed by atoms with van der Waals surface area (Å²) in [6.07, 6.45) is 6.99. The average molecular weight is 413 g/mol. The van der Waals surface area contributed by atoms with Crippen LogP contribution in [0, 0.1) is 5.92 Å². The van der Waals surface area contributed by atoms with Crippen LogP contribution in [-0.4, -0.2) is 69.3 Å². The van der Waals surface area contributed by atoms with E-state index in [1.165, 1.54) is 37.7 Å². The normalized spacial score (nSPS) is 20.5. The lowest BCUT2D eigenvalue weighted by molar-refractivity contribution is 0.0394. The summed E-state index contributed by atoms with van der Waals surface area (Å²) in [6.45, 7) is 9.75. The fraction of sp³-hybridized carbons (Fsp3) is 0.696. The number of nitrogens with zero attached hydrogens (tertiary/aromatic N) is 6. The molecule has 7 nitrogen and oxygen atoms in total. The van der Waals surface area contributed by atoms with Crippen molar-refractivity contribution in [3.05, 3.63) is 35.7 Å². The Balaban J connectivity index is 1.44. The molecular formula is C23H36N6O. The first-order chi connectivity index (χ1) is 14.7. The van der Waals surface area contributed by atoms with Gasteiger partial charge < -0.3 is 4.74 Å². The van der Waals surface area contributed by atoms with Gasteiger partial charge in [-0.05, 0) is 46.9 Å². The summed E-state index contributed by atoms with van der Waals surface area (Å²) in [5.41, 5.74) is 1.17. The van der Waals surface area contributed by atoms with Crippen LogP contribution < -0.4 is 4.74 Å². The Morgan fingerprint density at radius 3 is 2.33 bits per heavy atom. The molecule has 1 aliphatic heterocycles. The number of tetrazole rings is 1. The van der Waals surface area contributed by atoms with E-state index in [0.29, 0.717) is 12.5 Å². The van der Waals surface area contributed by atoms with Gasteiger partial charge in [-0.2, -0.15) is 0 Å². The molecule has 4 rings (SSSR count). The first kappa shape index (κ1) is 21.2. The third-order valence-electron chi connectivity index (χ3n) is 6.78. The van der Waals surface area contributed by atoms with Crippen LogP contribution in [0.4, 0.5) is 0 Å². The van der Waals surface area contributed by atoms with E-state index in [0.717, 1.165) is 43.8 Å². The molecule has 2 aromatic rings. The van der Waals surface area contributed by atoms with Gasteiger partial charge in [0.1, 0.15) is 5.75 Å². The van der Waals surface area contributed by atoms with Crippen LogP contribution in [0.2, 0.25) is 0 Å². The summed E-state index contributed by atoms with van der Waals surface area (Å²) in [4.78, 5) is 5.33. The summed E-state index contributed by atoms with van der Waals surface area (Å²) < 4.78 is 7.24. The van der Waals surface area contributed by atoms with Crippen LogP contribution >= 0.6 is 0 Å². The molecule has 2 aliphatic rings. The van der Waals surface area contributed by atoms with Crippen molar-refractivity contribution in [2.45, 2.75) is 64.6 Å². The topological polar surface area (TPSA) is 59.3 Å². The molecular weight excluding hydrogens is 376 g/mol. The Kier molecular flexibility index (Phi) is 7.00. The summed E-state index contributed by atoms with van der Waals surface area (Å²) in [5.74, 6) is 2.30. The van der Waals surface area contributed by atoms with Crippen molar-refractivity contribution in [2.75, 3.05) is 33.3 Å². The van der Waals surface area contributed by atoms with Crippen molar-refractivity contribution < 1.29 is 4.74 Å². The maximum atomic E-state index is 5.27.